The van der Waals surface area contributed by atoms with E-state index in [9.17, 15) is 0 Å². The first-order valence-corrected chi connectivity index (χ1v) is 3.62. The molecule has 1 aromatic carbocycles. The van der Waals surface area contributed by atoms with E-state index in [1.807, 2.05) is 24.3 Å². The van der Waals surface area contributed by atoms with Crippen molar-refractivity contribution in [2.75, 3.05) is 14.1 Å². The SMILES string of the molecule is C[NH+](C)c1ccc(C=[OH+])cc1. The Balaban J connectivity index is 2.91. The summed E-state index contributed by atoms with van der Waals surface area (Å²) in [5.74, 6) is 0. The van der Waals surface area contributed by atoms with Crippen LogP contribution < -0.4 is 4.90 Å². The molecule has 0 unspecified atom stereocenters. The number of nitrogens with one attached hydrogen (secondary N) is 1. The first-order chi connectivity index (χ1) is 5.24. The summed E-state index contributed by atoms with van der Waals surface area (Å²) in [6.45, 7) is 0. The van der Waals surface area contributed by atoms with Gasteiger partial charge in [0.05, 0.1) is 19.7 Å². The van der Waals surface area contributed by atoms with Gasteiger partial charge in [-0.1, -0.05) is 0 Å². The van der Waals surface area contributed by atoms with Crippen LogP contribution in [0.2, 0.25) is 0 Å². The molecule has 58 valence electrons. The fourth-order valence-electron chi connectivity index (χ4n) is 0.903. The van der Waals surface area contributed by atoms with Crippen LogP contribution in [0.5, 0.6) is 0 Å². The average Bonchev–Trinajstić information content (AvgIpc) is 2.05. The van der Waals surface area contributed by atoms with Crippen LogP contribution in [0.25, 0.3) is 0 Å². The predicted octanol–water partition coefficient (Wildman–Crippen LogP) is -0.0146. The summed E-state index contributed by atoms with van der Waals surface area (Å²) in [6.07, 6.45) is 1.11. The first kappa shape index (κ1) is 7.95. The van der Waals surface area contributed by atoms with Gasteiger partial charge in [-0.3, -0.25) is 4.79 Å². The molecule has 2 N–H and O–H groups in total. The smallest absolute Gasteiger partial charge is 0.307 e. The van der Waals surface area contributed by atoms with Crippen LogP contribution >= 0.6 is 0 Å². The molecule has 0 radical (unpaired) electrons. The minimum Gasteiger partial charge on any atom is -0.307 e. The van der Waals surface area contributed by atoms with Crippen molar-refractivity contribution >= 4 is 12.0 Å². The van der Waals surface area contributed by atoms with Gasteiger partial charge in [-0.05, 0) is 24.3 Å². The van der Waals surface area contributed by atoms with Crippen LogP contribution in [0.3, 0.4) is 0 Å². The lowest BCUT2D eigenvalue weighted by Crippen LogP contribution is -3.00. The topological polar surface area (TPSA) is 25.8 Å². The molecule has 0 bridgehead atoms. The Labute approximate surface area is 66.4 Å². The van der Waals surface area contributed by atoms with E-state index in [0.717, 1.165) is 11.8 Å². The third kappa shape index (κ3) is 1.88. The Morgan fingerprint density at radius 1 is 1.18 bits per heavy atom. The molecule has 0 aromatic heterocycles. The van der Waals surface area contributed by atoms with E-state index in [2.05, 4.69) is 14.1 Å². The van der Waals surface area contributed by atoms with Gasteiger partial charge in [0, 0.05) is 0 Å². The lowest BCUT2D eigenvalue weighted by molar-refractivity contribution is -0.786. The molecule has 0 saturated heterocycles. The van der Waals surface area contributed by atoms with E-state index >= 15 is 0 Å². The maximum atomic E-state index is 8.64. The number of hydrogen-bond donors (Lipinski definition) is 1. The van der Waals surface area contributed by atoms with Crippen LogP contribution in [0.4, 0.5) is 5.69 Å². The zero-order chi connectivity index (χ0) is 8.27. The minimum atomic E-state index is 0.843. The summed E-state index contributed by atoms with van der Waals surface area (Å²) in [5.41, 5.74) is 2.06. The molecule has 0 amide bonds. The van der Waals surface area contributed by atoms with Gasteiger partial charge in [0.25, 0.3) is 0 Å². The second kappa shape index (κ2) is 3.30. The average molecular weight is 151 g/mol. The lowest BCUT2D eigenvalue weighted by atomic mass is 10.2. The standard InChI is InChI=1S/C9H11NO/c1-10(2)9-5-3-8(7-11)4-6-9/h3-7H,1-2H3/p+2. The zero-order valence-corrected chi connectivity index (χ0v) is 6.83. The number of rotatable bonds is 2. The van der Waals surface area contributed by atoms with Crippen LogP contribution in [0.15, 0.2) is 24.3 Å². The van der Waals surface area contributed by atoms with Gasteiger partial charge in [-0.25, -0.2) is 0 Å². The van der Waals surface area contributed by atoms with E-state index in [1.54, 1.807) is 0 Å². The fraction of sp³-hybridized carbons (Fsp3) is 0.222. The third-order valence-corrected chi connectivity index (χ3v) is 1.64. The summed E-state index contributed by atoms with van der Waals surface area (Å²) >= 11 is 0. The first-order valence-electron chi connectivity index (χ1n) is 3.62. The van der Waals surface area contributed by atoms with Crippen molar-refractivity contribution in [1.29, 1.82) is 0 Å². The van der Waals surface area contributed by atoms with Gasteiger partial charge in [-0.15, -0.1) is 0 Å². The highest BCUT2D eigenvalue weighted by molar-refractivity contribution is 5.75. The number of hydrogen-bond acceptors (Lipinski definition) is 0. The predicted molar refractivity (Wildman–Crippen MR) is 46.0 cm³/mol. The van der Waals surface area contributed by atoms with Crippen LogP contribution in [-0.4, -0.2) is 25.2 Å². The Kier molecular flexibility index (Phi) is 2.39. The molecule has 0 fully saturated rings. The summed E-state index contributed by atoms with van der Waals surface area (Å²) < 4.78 is 0. The maximum absolute atomic E-state index is 8.64. The largest absolute Gasteiger partial charge is 0.312 e. The minimum absolute atomic E-state index is 0.843. The van der Waals surface area contributed by atoms with Gasteiger partial charge in [0.1, 0.15) is 5.69 Å². The van der Waals surface area contributed by atoms with Crippen molar-refractivity contribution in [1.82, 2.24) is 0 Å². The number of quaternary nitrogens is 1. The van der Waals surface area contributed by atoms with Crippen molar-refractivity contribution in [2.45, 2.75) is 0 Å². The highest BCUT2D eigenvalue weighted by Gasteiger charge is 1.99. The number of aldehydes is 1. The monoisotopic (exact) mass is 151 g/mol. The van der Waals surface area contributed by atoms with Crippen molar-refractivity contribution < 1.29 is 9.69 Å². The summed E-state index contributed by atoms with van der Waals surface area (Å²) in [7, 11) is 4.13. The highest BCUT2D eigenvalue weighted by Crippen LogP contribution is 2.01. The molecule has 0 saturated carbocycles. The van der Waals surface area contributed by atoms with Crippen molar-refractivity contribution in [3.05, 3.63) is 29.8 Å². The lowest BCUT2D eigenvalue weighted by Gasteiger charge is -2.04. The van der Waals surface area contributed by atoms with Gasteiger partial charge >= 0.3 is 6.29 Å². The quantitative estimate of drug-likeness (QED) is 0.454. The normalized spacial score (nSPS) is 10.1. The zero-order valence-electron chi connectivity index (χ0n) is 6.83. The molecular weight excluding hydrogens is 138 g/mol. The fourth-order valence-corrected chi connectivity index (χ4v) is 0.903. The van der Waals surface area contributed by atoms with E-state index in [0.29, 0.717) is 0 Å². The van der Waals surface area contributed by atoms with Gasteiger partial charge in [0.15, 0.2) is 0 Å². The summed E-state index contributed by atoms with van der Waals surface area (Å²) in [4.78, 5) is 9.92. The Bertz CT molecular complexity index is 238. The second-order valence-corrected chi connectivity index (χ2v) is 2.75. The van der Waals surface area contributed by atoms with Gasteiger partial charge in [-0.2, -0.15) is 0 Å². The molecule has 0 atom stereocenters. The number of benzene rings is 1. The molecule has 1 rings (SSSR count). The third-order valence-electron chi connectivity index (χ3n) is 1.64. The van der Waals surface area contributed by atoms with Crippen molar-refractivity contribution in [3.63, 3.8) is 0 Å². The second-order valence-electron chi connectivity index (χ2n) is 2.75. The van der Waals surface area contributed by atoms with Crippen LogP contribution in [0, 0.1) is 0 Å². The van der Waals surface area contributed by atoms with E-state index in [-0.39, 0.29) is 0 Å². The molecule has 0 aliphatic carbocycles. The summed E-state index contributed by atoms with van der Waals surface area (Å²) in [5, 5.41) is 0. The highest BCUT2D eigenvalue weighted by atomic mass is 16.1. The van der Waals surface area contributed by atoms with E-state index < -0.39 is 0 Å². The Morgan fingerprint density at radius 2 is 1.73 bits per heavy atom. The molecule has 11 heavy (non-hydrogen) atoms. The Hall–Kier alpha value is -1.15. The molecule has 0 aliphatic rings. The molecule has 1 aromatic rings. The van der Waals surface area contributed by atoms with Crippen molar-refractivity contribution in [2.24, 2.45) is 0 Å². The van der Waals surface area contributed by atoms with Crippen molar-refractivity contribution in [3.8, 4) is 0 Å². The molecule has 0 heterocycles. The maximum Gasteiger partial charge on any atom is 0.312 e. The van der Waals surface area contributed by atoms with Gasteiger partial charge in [0.2, 0.25) is 0 Å². The van der Waals surface area contributed by atoms with Crippen LogP contribution in [-0.2, 0) is 0 Å². The molecule has 0 aliphatic heterocycles. The molecule has 0 spiro atoms. The molecular formula is C9H13NO+2. The van der Waals surface area contributed by atoms with Gasteiger partial charge < -0.3 is 4.90 Å². The molecule has 2 heteroatoms. The summed E-state index contributed by atoms with van der Waals surface area (Å²) in [6, 6.07) is 7.78. The van der Waals surface area contributed by atoms with E-state index in [4.69, 9.17) is 4.79 Å². The Morgan fingerprint density at radius 3 is 2.09 bits per heavy atom. The van der Waals surface area contributed by atoms with Crippen LogP contribution in [0.1, 0.15) is 5.56 Å². The van der Waals surface area contributed by atoms with E-state index in [1.165, 1.54) is 10.6 Å². The molecule has 2 nitrogen and oxygen atoms in total. The number of carbonyl (C=O) groups excluding carboxylic acids is 1.